The van der Waals surface area contributed by atoms with Crippen LogP contribution in [0.4, 0.5) is 0 Å². The second-order valence-corrected chi connectivity index (χ2v) is 5.01. The minimum absolute atomic E-state index is 0.147. The molecule has 0 aliphatic heterocycles. The second-order valence-electron chi connectivity index (χ2n) is 5.01. The fourth-order valence-corrected chi connectivity index (χ4v) is 2.81. The Labute approximate surface area is 114 Å². The molecule has 0 bridgehead atoms. The number of ketones is 1. The zero-order chi connectivity index (χ0) is 13.9. The minimum atomic E-state index is -0.460. The van der Waals surface area contributed by atoms with Gasteiger partial charge in [-0.25, -0.2) is 0 Å². The van der Waals surface area contributed by atoms with E-state index in [-0.39, 0.29) is 5.78 Å². The van der Waals surface area contributed by atoms with Gasteiger partial charge in [-0.15, -0.1) is 18.9 Å². The first kappa shape index (κ1) is 13.4. The van der Waals surface area contributed by atoms with E-state index in [1.54, 1.807) is 13.2 Å². The van der Waals surface area contributed by atoms with Gasteiger partial charge in [0.05, 0.1) is 7.11 Å². The molecule has 1 atom stereocenters. The van der Waals surface area contributed by atoms with Gasteiger partial charge in [0.15, 0.2) is 5.78 Å². The van der Waals surface area contributed by atoms with Crippen LogP contribution < -0.4 is 4.74 Å². The molecule has 0 amide bonds. The smallest absolute Gasteiger partial charge is 0.170 e. The molecule has 0 saturated carbocycles. The van der Waals surface area contributed by atoms with E-state index in [2.05, 4.69) is 12.5 Å². The number of Topliss-reactive ketones (excluding diaryl/α,β-unsaturated/α-hetero) is 1. The van der Waals surface area contributed by atoms with Crippen molar-refractivity contribution >= 4 is 5.78 Å². The molecule has 0 radical (unpaired) electrons. The number of allylic oxidation sites excluding steroid dienone is 1. The van der Waals surface area contributed by atoms with E-state index in [0.717, 1.165) is 29.7 Å². The number of hydrogen-bond acceptors (Lipinski definition) is 2. The van der Waals surface area contributed by atoms with Crippen LogP contribution in [0.1, 0.15) is 35.2 Å². The monoisotopic (exact) mass is 254 g/mol. The van der Waals surface area contributed by atoms with Crippen LogP contribution >= 0.6 is 0 Å². The first-order valence-corrected chi connectivity index (χ1v) is 6.43. The summed E-state index contributed by atoms with van der Waals surface area (Å²) in [6.45, 7) is 3.76. The Kier molecular flexibility index (Phi) is 3.76. The Morgan fingerprint density at radius 1 is 1.58 bits per heavy atom. The number of carbonyl (C=O) groups is 1. The molecule has 1 aliphatic rings. The van der Waals surface area contributed by atoms with Gasteiger partial charge >= 0.3 is 0 Å². The summed E-state index contributed by atoms with van der Waals surface area (Å²) in [6, 6.07) is 5.63. The quantitative estimate of drug-likeness (QED) is 0.608. The predicted octanol–water partition coefficient (Wildman–Crippen LogP) is 3.41. The third-order valence-electron chi connectivity index (χ3n) is 3.89. The highest BCUT2D eigenvalue weighted by Gasteiger charge is 2.40. The molecule has 2 heteroatoms. The summed E-state index contributed by atoms with van der Waals surface area (Å²) in [5.41, 5.74) is 1.38. The van der Waals surface area contributed by atoms with Gasteiger partial charge in [-0.05, 0) is 43.0 Å². The van der Waals surface area contributed by atoms with Crippen LogP contribution in [-0.2, 0) is 6.42 Å². The highest BCUT2D eigenvalue weighted by atomic mass is 16.5. The molecule has 19 heavy (non-hydrogen) atoms. The molecule has 98 valence electrons. The number of methoxy groups -OCH3 is 1. The van der Waals surface area contributed by atoms with Gasteiger partial charge in [0.1, 0.15) is 5.75 Å². The summed E-state index contributed by atoms with van der Waals surface area (Å²) < 4.78 is 5.20. The summed E-state index contributed by atoms with van der Waals surface area (Å²) >= 11 is 0. The molecule has 1 aromatic rings. The maximum atomic E-state index is 12.7. The van der Waals surface area contributed by atoms with Crippen molar-refractivity contribution in [2.45, 2.75) is 25.7 Å². The Hall–Kier alpha value is -2.01. The molecular weight excluding hydrogens is 236 g/mol. The van der Waals surface area contributed by atoms with Gasteiger partial charge < -0.3 is 4.74 Å². The number of fused-ring (bicyclic) bond motifs is 1. The van der Waals surface area contributed by atoms with Crippen molar-refractivity contribution in [3.63, 3.8) is 0 Å². The van der Waals surface area contributed by atoms with Crippen molar-refractivity contribution in [2.75, 3.05) is 7.11 Å². The van der Waals surface area contributed by atoms with Crippen molar-refractivity contribution < 1.29 is 9.53 Å². The molecule has 0 aromatic heterocycles. The van der Waals surface area contributed by atoms with E-state index < -0.39 is 5.41 Å². The minimum Gasteiger partial charge on any atom is -0.497 e. The van der Waals surface area contributed by atoms with Crippen molar-refractivity contribution in [1.29, 1.82) is 0 Å². The summed E-state index contributed by atoms with van der Waals surface area (Å²) in [5.74, 6) is 3.59. The number of rotatable bonds is 4. The summed E-state index contributed by atoms with van der Waals surface area (Å²) in [4.78, 5) is 12.7. The number of hydrogen-bond donors (Lipinski definition) is 0. The SMILES string of the molecule is C#CCC1(CC=C)CCc2cc(OC)ccc2C1=O. The van der Waals surface area contributed by atoms with Crippen LogP contribution in [0.5, 0.6) is 5.75 Å². The van der Waals surface area contributed by atoms with Crippen molar-refractivity contribution in [2.24, 2.45) is 5.41 Å². The summed E-state index contributed by atoms with van der Waals surface area (Å²) in [7, 11) is 1.63. The lowest BCUT2D eigenvalue weighted by atomic mass is 9.67. The van der Waals surface area contributed by atoms with E-state index in [0.29, 0.717) is 12.8 Å². The Balaban J connectivity index is 2.43. The van der Waals surface area contributed by atoms with Gasteiger partial charge in [0, 0.05) is 17.4 Å². The topological polar surface area (TPSA) is 26.3 Å². The average molecular weight is 254 g/mol. The van der Waals surface area contributed by atoms with Gasteiger partial charge in [-0.1, -0.05) is 6.08 Å². The van der Waals surface area contributed by atoms with Crippen LogP contribution in [0.3, 0.4) is 0 Å². The lowest BCUT2D eigenvalue weighted by molar-refractivity contribution is 0.0766. The first-order valence-electron chi connectivity index (χ1n) is 6.43. The van der Waals surface area contributed by atoms with E-state index in [9.17, 15) is 4.79 Å². The molecule has 0 fully saturated rings. The lowest BCUT2D eigenvalue weighted by Crippen LogP contribution is -2.35. The number of carbonyl (C=O) groups excluding carboxylic acids is 1. The van der Waals surface area contributed by atoms with E-state index in [1.807, 2.05) is 18.2 Å². The largest absolute Gasteiger partial charge is 0.497 e. The Bertz CT molecular complexity index is 551. The maximum Gasteiger partial charge on any atom is 0.170 e. The molecule has 2 nitrogen and oxygen atoms in total. The number of aryl methyl sites for hydroxylation is 1. The maximum absolute atomic E-state index is 12.7. The van der Waals surface area contributed by atoms with Crippen molar-refractivity contribution in [3.8, 4) is 18.1 Å². The van der Waals surface area contributed by atoms with Crippen LogP contribution in [0.15, 0.2) is 30.9 Å². The molecule has 0 heterocycles. The molecule has 0 saturated heterocycles. The van der Waals surface area contributed by atoms with Crippen LogP contribution in [0.25, 0.3) is 0 Å². The van der Waals surface area contributed by atoms with Crippen LogP contribution in [-0.4, -0.2) is 12.9 Å². The molecule has 1 unspecified atom stereocenters. The number of terminal acetylenes is 1. The lowest BCUT2D eigenvalue weighted by Gasteiger charge is -2.34. The van der Waals surface area contributed by atoms with Crippen LogP contribution in [0, 0.1) is 17.8 Å². The molecule has 1 aliphatic carbocycles. The van der Waals surface area contributed by atoms with E-state index >= 15 is 0 Å². The molecule has 0 spiro atoms. The summed E-state index contributed by atoms with van der Waals surface area (Å²) in [6.07, 6.45) is 9.99. The van der Waals surface area contributed by atoms with Crippen molar-refractivity contribution in [3.05, 3.63) is 42.0 Å². The van der Waals surface area contributed by atoms with Gasteiger partial charge in [-0.3, -0.25) is 4.79 Å². The normalized spacial score (nSPS) is 21.4. The standard InChI is InChI=1S/C17H18O2/c1-4-9-17(10-5-2)11-8-13-12-14(19-3)6-7-15(13)16(17)18/h1,5-7,12H,2,8-11H2,3H3. The molecule has 2 rings (SSSR count). The fourth-order valence-electron chi connectivity index (χ4n) is 2.81. The Morgan fingerprint density at radius 2 is 2.37 bits per heavy atom. The third kappa shape index (κ3) is 2.29. The molecule has 1 aromatic carbocycles. The van der Waals surface area contributed by atoms with E-state index in [1.165, 1.54) is 0 Å². The van der Waals surface area contributed by atoms with E-state index in [4.69, 9.17) is 11.2 Å². The highest BCUT2D eigenvalue weighted by molar-refractivity contribution is 6.03. The summed E-state index contributed by atoms with van der Waals surface area (Å²) in [5, 5.41) is 0. The average Bonchev–Trinajstić information content (AvgIpc) is 2.43. The van der Waals surface area contributed by atoms with Crippen LogP contribution in [0.2, 0.25) is 0 Å². The van der Waals surface area contributed by atoms with Gasteiger partial charge in [-0.2, -0.15) is 0 Å². The first-order chi connectivity index (χ1) is 9.16. The second kappa shape index (κ2) is 5.32. The number of benzene rings is 1. The predicted molar refractivity (Wildman–Crippen MR) is 76.3 cm³/mol. The number of ether oxygens (including phenoxy) is 1. The zero-order valence-corrected chi connectivity index (χ0v) is 11.2. The highest BCUT2D eigenvalue weighted by Crippen LogP contribution is 2.41. The van der Waals surface area contributed by atoms with Gasteiger partial charge in [0.25, 0.3) is 0 Å². The molecule has 0 N–H and O–H groups in total. The Morgan fingerprint density at radius 3 is 3.00 bits per heavy atom. The molecular formula is C17H18O2. The van der Waals surface area contributed by atoms with Gasteiger partial charge in [0.2, 0.25) is 0 Å². The van der Waals surface area contributed by atoms with Crippen molar-refractivity contribution in [1.82, 2.24) is 0 Å². The third-order valence-corrected chi connectivity index (χ3v) is 3.89. The zero-order valence-electron chi connectivity index (χ0n) is 11.2. The fraction of sp³-hybridized carbons (Fsp3) is 0.353.